The second kappa shape index (κ2) is 4.85. The van der Waals surface area contributed by atoms with Gasteiger partial charge in [0, 0.05) is 17.9 Å². The van der Waals surface area contributed by atoms with E-state index in [0.717, 1.165) is 10.7 Å². The maximum atomic E-state index is 12.2. The highest BCUT2D eigenvalue weighted by atomic mass is 79.9. The Morgan fingerprint density at radius 1 is 1.29 bits per heavy atom. The van der Waals surface area contributed by atoms with Gasteiger partial charge in [0.2, 0.25) is 0 Å². The zero-order valence-electron chi connectivity index (χ0n) is 7.50. The first kappa shape index (κ1) is 12.3. The minimum absolute atomic E-state index is 0.183. The molecule has 84 valence electrons. The van der Waals surface area contributed by atoms with Crippen LogP contribution in [-0.2, 0) is 10.0 Å². The van der Waals surface area contributed by atoms with Gasteiger partial charge in [-0.05, 0) is 19.3 Å². The Kier molecular flexibility index (Phi) is 4.27. The number of hydrogen-bond donors (Lipinski definition) is 0. The lowest BCUT2D eigenvalue weighted by Crippen LogP contribution is -2.36. The summed E-state index contributed by atoms with van der Waals surface area (Å²) in [5.41, 5.74) is 0. The van der Waals surface area contributed by atoms with Crippen LogP contribution in [-0.4, -0.2) is 36.4 Å². The van der Waals surface area contributed by atoms with Gasteiger partial charge in [-0.1, -0.05) is 15.9 Å². The second-order valence-corrected chi connectivity index (χ2v) is 6.43. The van der Waals surface area contributed by atoms with Crippen LogP contribution in [0.5, 0.6) is 0 Å². The van der Waals surface area contributed by atoms with Crippen LogP contribution in [0.3, 0.4) is 0 Å². The molecule has 14 heavy (non-hydrogen) atoms. The van der Waals surface area contributed by atoms with Crippen LogP contribution in [0.25, 0.3) is 0 Å². The Morgan fingerprint density at radius 3 is 2.50 bits per heavy atom. The molecule has 1 unspecified atom stereocenters. The summed E-state index contributed by atoms with van der Waals surface area (Å²) in [6.45, 7) is 0.386. The molecule has 1 atom stereocenters. The molecule has 0 saturated carbocycles. The van der Waals surface area contributed by atoms with Gasteiger partial charge < -0.3 is 0 Å². The fourth-order valence-electron chi connectivity index (χ4n) is 1.40. The molecule has 0 aromatic rings. The number of rotatable bonds is 2. The van der Waals surface area contributed by atoms with Crippen LogP contribution in [0.2, 0.25) is 0 Å². The van der Waals surface area contributed by atoms with E-state index >= 15 is 0 Å². The molecular weight excluding hydrogens is 280 g/mol. The van der Waals surface area contributed by atoms with Gasteiger partial charge in [0.1, 0.15) is 0 Å². The average molecular weight is 292 g/mol. The molecule has 0 bridgehead atoms. The summed E-state index contributed by atoms with van der Waals surface area (Å²) in [6.07, 6.45) is 2.04. The summed E-state index contributed by atoms with van der Waals surface area (Å²) in [7, 11) is -4.37. The van der Waals surface area contributed by atoms with Crippen LogP contribution < -0.4 is 0 Å². The average Bonchev–Trinajstić information content (AvgIpc) is 2.29. The van der Waals surface area contributed by atoms with Crippen molar-refractivity contribution in [2.45, 2.75) is 29.8 Å². The quantitative estimate of drug-likeness (QED) is 0.728. The van der Waals surface area contributed by atoms with Crippen molar-refractivity contribution >= 4 is 26.0 Å². The molecule has 0 spiro atoms. The van der Waals surface area contributed by atoms with Crippen molar-refractivity contribution in [1.82, 2.24) is 4.31 Å². The van der Waals surface area contributed by atoms with E-state index in [0.29, 0.717) is 12.8 Å². The summed E-state index contributed by atoms with van der Waals surface area (Å²) in [4.78, 5) is 0.236. The zero-order valence-corrected chi connectivity index (χ0v) is 9.90. The van der Waals surface area contributed by atoms with Gasteiger partial charge in [0.25, 0.3) is 10.0 Å². The highest BCUT2D eigenvalue weighted by Gasteiger charge is 2.32. The van der Waals surface area contributed by atoms with Crippen molar-refractivity contribution in [3.05, 3.63) is 0 Å². The Balaban J connectivity index is 2.69. The number of alkyl halides is 3. The Labute approximate surface area is 90.6 Å². The topological polar surface area (TPSA) is 37.4 Å². The third kappa shape index (κ3) is 2.87. The largest absolute Gasteiger partial charge is 0.350 e. The van der Waals surface area contributed by atoms with Gasteiger partial charge in [0.05, 0.1) is 0 Å². The molecule has 0 aliphatic carbocycles. The molecule has 1 aliphatic rings. The molecule has 0 amide bonds. The van der Waals surface area contributed by atoms with E-state index in [4.69, 9.17) is 0 Å². The van der Waals surface area contributed by atoms with Crippen molar-refractivity contribution in [2.75, 3.05) is 13.1 Å². The number of nitrogens with zero attached hydrogens (tertiary/aromatic N) is 1. The van der Waals surface area contributed by atoms with Crippen LogP contribution in [0.4, 0.5) is 8.78 Å². The SMILES string of the molecule is O=S(=O)(C(F)F)N1CCCC(Br)CC1. The highest BCUT2D eigenvalue weighted by molar-refractivity contribution is 9.09. The minimum Gasteiger partial charge on any atom is -0.206 e. The summed E-state index contributed by atoms with van der Waals surface area (Å²) < 4.78 is 47.5. The molecule has 1 aliphatic heterocycles. The van der Waals surface area contributed by atoms with Gasteiger partial charge in [-0.15, -0.1) is 0 Å². The second-order valence-electron chi connectivity index (χ2n) is 3.23. The normalized spacial score (nSPS) is 26.4. The third-order valence-corrected chi connectivity index (χ3v) is 4.65. The van der Waals surface area contributed by atoms with E-state index in [1.165, 1.54) is 0 Å². The van der Waals surface area contributed by atoms with E-state index < -0.39 is 15.8 Å². The molecule has 1 saturated heterocycles. The Morgan fingerprint density at radius 2 is 1.93 bits per heavy atom. The smallest absolute Gasteiger partial charge is 0.206 e. The molecule has 1 fully saturated rings. The van der Waals surface area contributed by atoms with Crippen LogP contribution in [0.15, 0.2) is 0 Å². The summed E-state index contributed by atoms with van der Waals surface area (Å²) in [5.74, 6) is -3.30. The van der Waals surface area contributed by atoms with Gasteiger partial charge in [0.15, 0.2) is 0 Å². The van der Waals surface area contributed by atoms with E-state index in [-0.39, 0.29) is 17.9 Å². The van der Waals surface area contributed by atoms with Gasteiger partial charge >= 0.3 is 5.76 Å². The number of sulfonamides is 1. The molecule has 0 aromatic heterocycles. The zero-order chi connectivity index (χ0) is 10.8. The van der Waals surface area contributed by atoms with E-state index in [2.05, 4.69) is 15.9 Å². The van der Waals surface area contributed by atoms with Crippen molar-refractivity contribution in [2.24, 2.45) is 0 Å². The molecule has 0 N–H and O–H groups in total. The first-order chi connectivity index (χ1) is 6.44. The highest BCUT2D eigenvalue weighted by Crippen LogP contribution is 2.21. The summed E-state index contributed by atoms with van der Waals surface area (Å²) >= 11 is 3.36. The predicted octanol–water partition coefficient (Wildman–Crippen LogP) is 1.79. The fraction of sp³-hybridized carbons (Fsp3) is 1.00. The molecule has 3 nitrogen and oxygen atoms in total. The maximum absolute atomic E-state index is 12.2. The lowest BCUT2D eigenvalue weighted by molar-refractivity contribution is 0.219. The standard InChI is InChI=1S/C7H12BrF2NO2S/c8-6-2-1-4-11(5-3-6)14(12,13)7(9)10/h6-7H,1-5H2. The molecule has 7 heteroatoms. The first-order valence-corrected chi connectivity index (χ1v) is 6.77. The fourth-order valence-corrected chi connectivity index (χ4v) is 2.89. The van der Waals surface area contributed by atoms with Gasteiger partial charge in [-0.25, -0.2) is 8.42 Å². The molecule has 1 heterocycles. The number of halogens is 3. The van der Waals surface area contributed by atoms with Crippen molar-refractivity contribution in [3.8, 4) is 0 Å². The minimum atomic E-state index is -4.37. The molecule has 0 aromatic carbocycles. The third-order valence-electron chi connectivity index (χ3n) is 2.20. The van der Waals surface area contributed by atoms with E-state index in [1.54, 1.807) is 0 Å². The lowest BCUT2D eigenvalue weighted by atomic mass is 10.2. The van der Waals surface area contributed by atoms with Crippen LogP contribution in [0, 0.1) is 0 Å². The van der Waals surface area contributed by atoms with Gasteiger partial charge in [-0.2, -0.15) is 13.1 Å². The Hall–Kier alpha value is 0.250. The Bertz CT molecular complexity index is 283. The molecule has 1 rings (SSSR count). The summed E-state index contributed by atoms with van der Waals surface area (Å²) in [5, 5.41) is 0. The number of hydrogen-bond acceptors (Lipinski definition) is 2. The van der Waals surface area contributed by atoms with E-state index in [9.17, 15) is 17.2 Å². The van der Waals surface area contributed by atoms with Crippen molar-refractivity contribution < 1.29 is 17.2 Å². The predicted molar refractivity (Wildman–Crippen MR) is 53.1 cm³/mol. The monoisotopic (exact) mass is 291 g/mol. The van der Waals surface area contributed by atoms with Crippen molar-refractivity contribution in [1.29, 1.82) is 0 Å². The lowest BCUT2D eigenvalue weighted by Gasteiger charge is -2.18. The van der Waals surface area contributed by atoms with Crippen molar-refractivity contribution in [3.63, 3.8) is 0 Å². The molecule has 0 radical (unpaired) electrons. The maximum Gasteiger partial charge on any atom is 0.350 e. The van der Waals surface area contributed by atoms with Gasteiger partial charge in [-0.3, -0.25) is 0 Å². The summed E-state index contributed by atoms with van der Waals surface area (Å²) in [6, 6.07) is 0. The molecular formula is C7H12BrF2NO2S. The van der Waals surface area contributed by atoms with E-state index in [1.807, 2.05) is 0 Å². The van der Waals surface area contributed by atoms with Crippen LogP contribution in [0.1, 0.15) is 19.3 Å². The first-order valence-electron chi connectivity index (χ1n) is 4.36. The van der Waals surface area contributed by atoms with Crippen LogP contribution >= 0.6 is 15.9 Å².